The quantitative estimate of drug-likeness (QED) is 0.862. The van der Waals surface area contributed by atoms with Crippen molar-refractivity contribution in [2.75, 3.05) is 13.1 Å². The first-order valence-corrected chi connectivity index (χ1v) is 8.16. The van der Waals surface area contributed by atoms with Gasteiger partial charge in [-0.05, 0) is 34.1 Å². The van der Waals surface area contributed by atoms with E-state index in [1.54, 1.807) is 17.2 Å². The molecule has 1 atom stereocenters. The minimum Gasteiger partial charge on any atom is -0.472 e. The molecule has 23 heavy (non-hydrogen) atoms. The fourth-order valence-corrected chi connectivity index (χ4v) is 2.91. The molecule has 3 heterocycles. The van der Waals surface area contributed by atoms with Crippen LogP contribution in [-0.2, 0) is 0 Å². The first kappa shape index (κ1) is 16.0. The van der Waals surface area contributed by atoms with Gasteiger partial charge < -0.3 is 14.6 Å². The number of likely N-dealkylation sites (tertiary alicyclic amines) is 1. The number of aromatic nitrogens is 2. The molecule has 1 aliphatic rings. The molecule has 0 saturated carbocycles. The van der Waals surface area contributed by atoms with E-state index in [2.05, 4.69) is 25.9 Å². The molecule has 1 N–H and O–H groups in total. The van der Waals surface area contributed by atoms with E-state index in [9.17, 15) is 9.59 Å². The Morgan fingerprint density at radius 3 is 3.09 bits per heavy atom. The summed E-state index contributed by atoms with van der Waals surface area (Å²) in [6.45, 7) is 1.03. The first-order valence-electron chi connectivity index (χ1n) is 6.99. The number of aromatic amines is 1. The topological polar surface area (TPSA) is 75.3 Å². The van der Waals surface area contributed by atoms with Gasteiger partial charge >= 0.3 is 0 Å². The van der Waals surface area contributed by atoms with E-state index in [4.69, 9.17) is 16.3 Å². The summed E-state index contributed by atoms with van der Waals surface area (Å²) in [5.74, 6) is 0.327. The number of H-pyrrole nitrogens is 1. The van der Waals surface area contributed by atoms with Gasteiger partial charge in [0.05, 0.1) is 16.6 Å². The molecule has 1 amide bonds. The normalized spacial score (nSPS) is 17.3. The molecule has 0 aliphatic carbocycles. The highest BCUT2D eigenvalue weighted by Crippen LogP contribution is 2.25. The van der Waals surface area contributed by atoms with Crippen molar-refractivity contribution in [2.45, 2.75) is 12.5 Å². The maximum atomic E-state index is 12.4. The van der Waals surface area contributed by atoms with Crippen LogP contribution in [0.1, 0.15) is 16.8 Å². The number of amides is 1. The predicted octanol–water partition coefficient (Wildman–Crippen LogP) is 2.48. The van der Waals surface area contributed by atoms with Crippen molar-refractivity contribution >= 4 is 33.4 Å². The standard InChI is InChI=1S/C15H13BrClN3O3/c16-11-2-1-4-18-14(11)23-10-3-5-20(8-10)15(22)9-6-12(17)13(21)19-7-9/h1-2,4,6-7,10H,3,5,8H2,(H,19,21)/t10-/m1/s1. The first-order chi connectivity index (χ1) is 11.0. The third-order valence-electron chi connectivity index (χ3n) is 3.54. The van der Waals surface area contributed by atoms with E-state index in [-0.39, 0.29) is 17.0 Å². The van der Waals surface area contributed by atoms with E-state index in [1.165, 1.54) is 12.3 Å². The van der Waals surface area contributed by atoms with Gasteiger partial charge in [-0.2, -0.15) is 0 Å². The molecule has 1 aliphatic heterocycles. The molecule has 0 bridgehead atoms. The second-order valence-electron chi connectivity index (χ2n) is 5.14. The number of halogens is 2. The zero-order chi connectivity index (χ0) is 16.4. The molecular weight excluding hydrogens is 386 g/mol. The Kier molecular flexibility index (Phi) is 4.68. The van der Waals surface area contributed by atoms with Gasteiger partial charge in [0.2, 0.25) is 5.88 Å². The highest BCUT2D eigenvalue weighted by molar-refractivity contribution is 9.10. The Labute approximate surface area is 145 Å². The van der Waals surface area contributed by atoms with Gasteiger partial charge in [0, 0.05) is 25.4 Å². The van der Waals surface area contributed by atoms with Gasteiger partial charge in [0.1, 0.15) is 11.1 Å². The summed E-state index contributed by atoms with van der Waals surface area (Å²) in [6, 6.07) is 5.04. The minimum absolute atomic E-state index is 0.000244. The summed E-state index contributed by atoms with van der Waals surface area (Å²) in [5, 5.41) is 0.000244. The van der Waals surface area contributed by atoms with Crippen LogP contribution in [0.15, 0.2) is 39.9 Å². The van der Waals surface area contributed by atoms with Crippen LogP contribution in [0, 0.1) is 0 Å². The third-order valence-corrected chi connectivity index (χ3v) is 4.42. The molecule has 1 saturated heterocycles. The van der Waals surface area contributed by atoms with Crippen LogP contribution in [0.2, 0.25) is 5.02 Å². The van der Waals surface area contributed by atoms with E-state index in [1.807, 2.05) is 6.07 Å². The zero-order valence-electron chi connectivity index (χ0n) is 12.0. The van der Waals surface area contributed by atoms with E-state index >= 15 is 0 Å². The Morgan fingerprint density at radius 2 is 2.35 bits per heavy atom. The van der Waals surface area contributed by atoms with E-state index in [0.717, 1.165) is 4.47 Å². The van der Waals surface area contributed by atoms with Crippen molar-refractivity contribution in [2.24, 2.45) is 0 Å². The molecule has 6 nitrogen and oxygen atoms in total. The van der Waals surface area contributed by atoms with Gasteiger partial charge in [-0.3, -0.25) is 9.59 Å². The summed E-state index contributed by atoms with van der Waals surface area (Å²) in [5.41, 5.74) is -0.0554. The summed E-state index contributed by atoms with van der Waals surface area (Å²) in [4.78, 5) is 32.0. The SMILES string of the molecule is O=C(c1c[nH]c(=O)c(Cl)c1)N1CC[C@@H](Oc2ncccc2Br)C1. The van der Waals surface area contributed by atoms with Crippen molar-refractivity contribution in [3.8, 4) is 5.88 Å². The van der Waals surface area contributed by atoms with Crippen molar-refractivity contribution in [3.05, 3.63) is 56.0 Å². The predicted molar refractivity (Wildman–Crippen MR) is 88.9 cm³/mol. The second kappa shape index (κ2) is 6.72. The molecule has 8 heteroatoms. The summed E-state index contributed by atoms with van der Waals surface area (Å²) in [7, 11) is 0. The Morgan fingerprint density at radius 1 is 1.52 bits per heavy atom. The number of ether oxygens (including phenoxy) is 1. The van der Waals surface area contributed by atoms with Crippen molar-refractivity contribution < 1.29 is 9.53 Å². The van der Waals surface area contributed by atoms with Crippen LogP contribution in [0.25, 0.3) is 0 Å². The van der Waals surface area contributed by atoms with Crippen LogP contribution in [0.4, 0.5) is 0 Å². The third kappa shape index (κ3) is 3.56. The minimum atomic E-state index is -0.411. The van der Waals surface area contributed by atoms with E-state index < -0.39 is 5.56 Å². The van der Waals surface area contributed by atoms with Crippen LogP contribution in [0.5, 0.6) is 5.88 Å². The van der Waals surface area contributed by atoms with Gasteiger partial charge in [0.25, 0.3) is 11.5 Å². The number of carbonyl (C=O) groups excluding carboxylic acids is 1. The molecule has 1 fully saturated rings. The fraction of sp³-hybridized carbons (Fsp3) is 0.267. The lowest BCUT2D eigenvalue weighted by Crippen LogP contribution is -2.31. The number of hydrogen-bond donors (Lipinski definition) is 1. The monoisotopic (exact) mass is 397 g/mol. The van der Waals surface area contributed by atoms with Gasteiger partial charge in [-0.25, -0.2) is 4.98 Å². The molecule has 0 spiro atoms. The van der Waals surface area contributed by atoms with Crippen LogP contribution in [-0.4, -0.2) is 40.0 Å². The van der Waals surface area contributed by atoms with Crippen molar-refractivity contribution in [1.29, 1.82) is 0 Å². The number of rotatable bonds is 3. The Hall–Kier alpha value is -1.86. The largest absolute Gasteiger partial charge is 0.472 e. The molecule has 2 aromatic rings. The molecule has 3 rings (SSSR count). The Balaban J connectivity index is 1.67. The van der Waals surface area contributed by atoms with Crippen LogP contribution < -0.4 is 10.3 Å². The van der Waals surface area contributed by atoms with Crippen molar-refractivity contribution in [3.63, 3.8) is 0 Å². The maximum Gasteiger partial charge on any atom is 0.266 e. The average Bonchev–Trinajstić information content (AvgIpc) is 3.00. The van der Waals surface area contributed by atoms with E-state index in [0.29, 0.717) is 31.0 Å². The zero-order valence-corrected chi connectivity index (χ0v) is 14.3. The fourth-order valence-electron chi connectivity index (χ4n) is 2.39. The number of carbonyl (C=O) groups is 1. The average molecular weight is 399 g/mol. The molecular formula is C15H13BrClN3O3. The molecule has 0 unspecified atom stereocenters. The van der Waals surface area contributed by atoms with Gasteiger partial charge in [0.15, 0.2) is 0 Å². The summed E-state index contributed by atoms with van der Waals surface area (Å²) < 4.78 is 6.60. The highest BCUT2D eigenvalue weighted by atomic mass is 79.9. The number of nitrogens with one attached hydrogen (secondary N) is 1. The number of nitrogens with zero attached hydrogens (tertiary/aromatic N) is 2. The lowest BCUT2D eigenvalue weighted by atomic mass is 10.2. The molecule has 0 radical (unpaired) electrons. The van der Waals surface area contributed by atoms with Gasteiger partial charge in [-0.15, -0.1) is 0 Å². The number of hydrogen-bond acceptors (Lipinski definition) is 4. The number of pyridine rings is 2. The van der Waals surface area contributed by atoms with Gasteiger partial charge in [-0.1, -0.05) is 11.6 Å². The molecule has 120 valence electrons. The van der Waals surface area contributed by atoms with Crippen LogP contribution >= 0.6 is 27.5 Å². The second-order valence-corrected chi connectivity index (χ2v) is 6.40. The lowest BCUT2D eigenvalue weighted by Gasteiger charge is -2.17. The van der Waals surface area contributed by atoms with Crippen LogP contribution in [0.3, 0.4) is 0 Å². The summed E-state index contributed by atoms with van der Waals surface area (Å²) >= 11 is 9.15. The highest BCUT2D eigenvalue weighted by Gasteiger charge is 2.29. The van der Waals surface area contributed by atoms with Crippen molar-refractivity contribution in [1.82, 2.24) is 14.9 Å². The molecule has 0 aromatic carbocycles. The Bertz CT molecular complexity index is 796. The molecule has 2 aromatic heterocycles. The lowest BCUT2D eigenvalue weighted by molar-refractivity contribution is 0.0770. The smallest absolute Gasteiger partial charge is 0.266 e. The maximum absolute atomic E-state index is 12.4. The summed E-state index contributed by atoms with van der Waals surface area (Å²) in [6.07, 6.45) is 3.62.